The molecular formula is C18H17N3O7S2. The number of amides is 1. The van der Waals surface area contributed by atoms with Crippen LogP contribution < -0.4 is 10.0 Å². The maximum Gasteiger partial charge on any atom is 0.350 e. The molecule has 1 atom stereocenters. The van der Waals surface area contributed by atoms with Gasteiger partial charge in [0.15, 0.2) is 6.61 Å². The molecule has 1 amide bonds. The van der Waals surface area contributed by atoms with Crippen LogP contribution in [0.5, 0.6) is 0 Å². The molecule has 0 saturated carbocycles. The number of benzene rings is 1. The lowest BCUT2D eigenvalue weighted by Crippen LogP contribution is -2.29. The summed E-state index contributed by atoms with van der Waals surface area (Å²) >= 11 is 1.09. The Labute approximate surface area is 176 Å². The highest BCUT2D eigenvalue weighted by atomic mass is 32.2. The van der Waals surface area contributed by atoms with E-state index >= 15 is 0 Å². The van der Waals surface area contributed by atoms with E-state index in [9.17, 15) is 22.8 Å². The maximum absolute atomic E-state index is 12.2. The molecule has 1 aromatic heterocycles. The minimum Gasteiger partial charge on any atom is -0.465 e. The Kier molecular flexibility index (Phi) is 6.17. The van der Waals surface area contributed by atoms with Gasteiger partial charge in [-0.15, -0.1) is 11.3 Å². The van der Waals surface area contributed by atoms with Gasteiger partial charge in [0.1, 0.15) is 16.8 Å². The first-order valence-corrected chi connectivity index (χ1v) is 10.9. The van der Waals surface area contributed by atoms with E-state index in [4.69, 9.17) is 4.74 Å². The SMILES string of the molecule is COC(=O)c1sccc1NC(=O)COC(=O)[C@H](C)N=C1NS(=O)(=O)c2ccccc21. The van der Waals surface area contributed by atoms with E-state index in [2.05, 4.69) is 19.8 Å². The van der Waals surface area contributed by atoms with Crippen molar-refractivity contribution in [2.75, 3.05) is 19.0 Å². The number of hydrogen-bond acceptors (Lipinski definition) is 9. The van der Waals surface area contributed by atoms with Gasteiger partial charge < -0.3 is 14.8 Å². The molecule has 30 heavy (non-hydrogen) atoms. The Morgan fingerprint density at radius 1 is 1.23 bits per heavy atom. The van der Waals surface area contributed by atoms with Crippen LogP contribution in [0, 0.1) is 0 Å². The number of rotatable bonds is 6. The van der Waals surface area contributed by atoms with E-state index in [-0.39, 0.29) is 21.3 Å². The van der Waals surface area contributed by atoms with Gasteiger partial charge >= 0.3 is 11.9 Å². The fourth-order valence-electron chi connectivity index (χ4n) is 2.58. The number of hydrogen-bond donors (Lipinski definition) is 2. The van der Waals surface area contributed by atoms with Crippen LogP contribution in [0.15, 0.2) is 45.6 Å². The van der Waals surface area contributed by atoms with E-state index < -0.39 is 40.5 Å². The van der Waals surface area contributed by atoms with Gasteiger partial charge in [0.25, 0.3) is 15.9 Å². The molecule has 158 valence electrons. The third-order valence-corrected chi connectivity index (χ3v) is 6.27. The number of carbonyl (C=O) groups is 3. The molecule has 10 nitrogen and oxygen atoms in total. The van der Waals surface area contributed by atoms with Crippen LogP contribution in [-0.2, 0) is 29.1 Å². The summed E-state index contributed by atoms with van der Waals surface area (Å²) in [5.41, 5.74) is 0.598. The van der Waals surface area contributed by atoms with Gasteiger partial charge in [-0.05, 0) is 30.5 Å². The summed E-state index contributed by atoms with van der Waals surface area (Å²) in [6.07, 6.45) is 0. The molecule has 0 bridgehead atoms. The second-order valence-corrected chi connectivity index (χ2v) is 8.63. The lowest BCUT2D eigenvalue weighted by molar-refractivity contribution is -0.148. The molecule has 2 N–H and O–H groups in total. The Hall–Kier alpha value is -3.25. The Balaban J connectivity index is 1.61. The van der Waals surface area contributed by atoms with Crippen molar-refractivity contribution >= 4 is 50.7 Å². The number of aliphatic imine (C=N–C) groups is 1. The lowest BCUT2D eigenvalue weighted by atomic mass is 10.2. The van der Waals surface area contributed by atoms with E-state index in [1.807, 2.05) is 0 Å². The summed E-state index contributed by atoms with van der Waals surface area (Å²) in [5.74, 6) is -2.04. The van der Waals surface area contributed by atoms with Crippen molar-refractivity contribution in [3.63, 3.8) is 0 Å². The second kappa shape index (κ2) is 8.63. The molecule has 0 saturated heterocycles. The van der Waals surface area contributed by atoms with Crippen LogP contribution in [0.3, 0.4) is 0 Å². The molecule has 0 fully saturated rings. The average Bonchev–Trinajstić information content (AvgIpc) is 3.28. The molecule has 1 aliphatic heterocycles. The average molecular weight is 451 g/mol. The first-order chi connectivity index (χ1) is 14.2. The third kappa shape index (κ3) is 4.49. The molecule has 3 rings (SSSR count). The Morgan fingerprint density at radius 2 is 1.97 bits per heavy atom. The predicted octanol–water partition coefficient (Wildman–Crippen LogP) is 1.14. The number of esters is 2. The number of ether oxygens (including phenoxy) is 2. The van der Waals surface area contributed by atoms with Gasteiger partial charge in [-0.2, -0.15) is 0 Å². The highest BCUT2D eigenvalue weighted by Crippen LogP contribution is 2.24. The maximum atomic E-state index is 12.2. The van der Waals surface area contributed by atoms with Gasteiger partial charge in [0.05, 0.1) is 17.7 Å². The fourth-order valence-corrected chi connectivity index (χ4v) is 4.58. The Morgan fingerprint density at radius 3 is 2.70 bits per heavy atom. The smallest absolute Gasteiger partial charge is 0.350 e. The van der Waals surface area contributed by atoms with Gasteiger partial charge in [0.2, 0.25) is 0 Å². The van der Waals surface area contributed by atoms with Gasteiger partial charge in [0, 0.05) is 5.56 Å². The molecule has 12 heteroatoms. The second-order valence-electron chi connectivity index (χ2n) is 6.07. The monoisotopic (exact) mass is 451 g/mol. The topological polar surface area (TPSA) is 140 Å². The standard InChI is InChI=1S/C18H17N3O7S2/c1-10(19-16-11-5-3-4-6-13(11)30(25,26)21-16)17(23)28-9-14(22)20-12-7-8-29-15(12)18(24)27-2/h3-8,10H,9H2,1-2H3,(H,19,21)(H,20,22)/t10-/m0/s1. The van der Waals surface area contributed by atoms with E-state index in [0.29, 0.717) is 5.56 Å². The highest BCUT2D eigenvalue weighted by Gasteiger charge is 2.31. The first kappa shape index (κ1) is 21.5. The molecule has 2 aromatic rings. The predicted molar refractivity (Wildman–Crippen MR) is 108 cm³/mol. The molecule has 2 heterocycles. The molecule has 0 radical (unpaired) electrons. The number of thiophene rings is 1. The van der Waals surface area contributed by atoms with E-state index in [1.165, 1.54) is 26.2 Å². The normalized spacial score (nSPS) is 16.3. The molecule has 1 aromatic carbocycles. The van der Waals surface area contributed by atoms with Crippen LogP contribution in [0.2, 0.25) is 0 Å². The number of amidine groups is 1. The minimum absolute atomic E-state index is 0.0282. The zero-order valence-corrected chi connectivity index (χ0v) is 17.5. The number of nitrogens with zero attached hydrogens (tertiary/aromatic N) is 1. The summed E-state index contributed by atoms with van der Waals surface area (Å²) in [5, 5.41) is 4.07. The zero-order chi connectivity index (χ0) is 21.9. The van der Waals surface area contributed by atoms with Crippen molar-refractivity contribution in [2.24, 2.45) is 4.99 Å². The summed E-state index contributed by atoms with van der Waals surface area (Å²) in [6, 6.07) is 6.69. The van der Waals surface area contributed by atoms with Gasteiger partial charge in [-0.1, -0.05) is 12.1 Å². The first-order valence-electron chi connectivity index (χ1n) is 8.55. The summed E-state index contributed by atoms with van der Waals surface area (Å²) in [7, 11) is -2.50. The van der Waals surface area contributed by atoms with Crippen LogP contribution in [-0.4, -0.2) is 51.9 Å². The lowest BCUT2D eigenvalue weighted by Gasteiger charge is -2.10. The Bertz CT molecular complexity index is 1140. The number of fused-ring (bicyclic) bond motifs is 1. The van der Waals surface area contributed by atoms with Crippen LogP contribution in [0.25, 0.3) is 0 Å². The van der Waals surface area contributed by atoms with E-state index in [1.54, 1.807) is 23.6 Å². The molecule has 0 spiro atoms. The van der Waals surface area contributed by atoms with Crippen LogP contribution in [0.4, 0.5) is 5.69 Å². The number of carbonyl (C=O) groups excluding carboxylic acids is 3. The summed E-state index contributed by atoms with van der Waals surface area (Å²) in [4.78, 5) is 40.2. The molecule has 0 unspecified atom stereocenters. The number of sulfonamides is 1. The van der Waals surface area contributed by atoms with Crippen molar-refractivity contribution < 1.29 is 32.3 Å². The van der Waals surface area contributed by atoms with E-state index in [0.717, 1.165) is 11.3 Å². The molecule has 1 aliphatic rings. The highest BCUT2D eigenvalue weighted by molar-refractivity contribution is 7.90. The number of anilines is 1. The van der Waals surface area contributed by atoms with Crippen molar-refractivity contribution in [2.45, 2.75) is 17.9 Å². The quantitative estimate of drug-likeness (QED) is 0.628. The zero-order valence-electron chi connectivity index (χ0n) is 15.9. The third-order valence-electron chi connectivity index (χ3n) is 3.98. The van der Waals surface area contributed by atoms with Crippen molar-refractivity contribution in [3.05, 3.63) is 46.2 Å². The summed E-state index contributed by atoms with van der Waals surface area (Å²) in [6.45, 7) is 0.809. The van der Waals surface area contributed by atoms with Crippen LogP contribution >= 0.6 is 11.3 Å². The van der Waals surface area contributed by atoms with Crippen molar-refractivity contribution in [1.82, 2.24) is 4.72 Å². The number of nitrogens with one attached hydrogen (secondary N) is 2. The molecule has 0 aliphatic carbocycles. The fraction of sp³-hybridized carbons (Fsp3) is 0.222. The molecular weight excluding hydrogens is 434 g/mol. The van der Waals surface area contributed by atoms with Gasteiger partial charge in [-0.3, -0.25) is 14.5 Å². The van der Waals surface area contributed by atoms with Crippen molar-refractivity contribution in [1.29, 1.82) is 0 Å². The number of methoxy groups -OCH3 is 1. The van der Waals surface area contributed by atoms with Gasteiger partial charge in [-0.25, -0.2) is 18.0 Å². The van der Waals surface area contributed by atoms with Crippen molar-refractivity contribution in [3.8, 4) is 0 Å². The van der Waals surface area contributed by atoms with Crippen LogP contribution in [0.1, 0.15) is 22.2 Å². The summed E-state index contributed by atoms with van der Waals surface area (Å²) < 4.78 is 36.0. The minimum atomic E-state index is -3.73. The largest absolute Gasteiger partial charge is 0.465 e.